The van der Waals surface area contributed by atoms with Crippen LogP contribution in [0.1, 0.15) is 41.6 Å². The summed E-state index contributed by atoms with van der Waals surface area (Å²) < 4.78 is 5.17. The zero-order chi connectivity index (χ0) is 18.0. The Hall–Kier alpha value is -2.08. The highest BCUT2D eigenvalue weighted by Crippen LogP contribution is 2.34. The van der Waals surface area contributed by atoms with Gasteiger partial charge in [-0.2, -0.15) is 0 Å². The molecule has 25 heavy (non-hydrogen) atoms. The van der Waals surface area contributed by atoms with E-state index in [1.165, 1.54) is 12.8 Å². The van der Waals surface area contributed by atoms with Gasteiger partial charge >= 0.3 is 5.97 Å². The molecule has 2 N–H and O–H groups in total. The van der Waals surface area contributed by atoms with Crippen LogP contribution in [0.4, 0.5) is 0 Å². The number of carbonyl (C=O) groups is 2. The number of nitrogens with one attached hydrogen (secondary N) is 1. The summed E-state index contributed by atoms with van der Waals surface area (Å²) in [6.07, 6.45) is 4.06. The lowest BCUT2D eigenvalue weighted by atomic mass is 9.85. The van der Waals surface area contributed by atoms with Crippen molar-refractivity contribution in [2.45, 2.75) is 44.7 Å². The number of carboxylic acid groups (broad SMARTS) is 1. The third kappa shape index (κ3) is 4.51. The van der Waals surface area contributed by atoms with Crippen molar-refractivity contribution >= 4 is 11.9 Å². The first-order valence-electron chi connectivity index (χ1n) is 8.87. The summed E-state index contributed by atoms with van der Waals surface area (Å²) in [5.41, 5.74) is 1.54. The minimum absolute atomic E-state index is 0.0735. The maximum atomic E-state index is 12.5. The van der Waals surface area contributed by atoms with Gasteiger partial charge in [0.05, 0.1) is 13.7 Å². The molecular weight excluding hydrogens is 320 g/mol. The molecule has 0 saturated heterocycles. The number of hydrogen-bond acceptors (Lipinski definition) is 4. The molecule has 2 fully saturated rings. The third-order valence-corrected chi connectivity index (χ3v) is 5.17. The van der Waals surface area contributed by atoms with E-state index in [4.69, 9.17) is 9.84 Å². The van der Waals surface area contributed by atoms with Crippen molar-refractivity contribution in [2.75, 3.05) is 20.2 Å². The molecule has 0 spiro atoms. The van der Waals surface area contributed by atoms with Crippen molar-refractivity contribution in [2.24, 2.45) is 5.92 Å². The highest BCUT2D eigenvalue weighted by Gasteiger charge is 2.37. The summed E-state index contributed by atoms with van der Waals surface area (Å²) >= 11 is 0. The van der Waals surface area contributed by atoms with Crippen LogP contribution in [0.15, 0.2) is 18.2 Å². The smallest absolute Gasteiger partial charge is 0.317 e. The van der Waals surface area contributed by atoms with Gasteiger partial charge in [-0.15, -0.1) is 0 Å². The van der Waals surface area contributed by atoms with Crippen molar-refractivity contribution < 1.29 is 19.4 Å². The second-order valence-corrected chi connectivity index (χ2v) is 7.24. The number of methoxy groups -OCH3 is 1. The molecule has 0 aliphatic heterocycles. The molecule has 1 aromatic carbocycles. The Morgan fingerprint density at radius 3 is 2.60 bits per heavy atom. The van der Waals surface area contributed by atoms with Gasteiger partial charge in [-0.05, 0) is 62.3 Å². The molecule has 6 heteroatoms. The molecule has 2 saturated carbocycles. The summed E-state index contributed by atoms with van der Waals surface area (Å²) in [6.45, 7) is 2.86. The zero-order valence-electron chi connectivity index (χ0n) is 14.8. The summed E-state index contributed by atoms with van der Waals surface area (Å²) in [5.74, 6) is 0.551. The molecule has 0 heterocycles. The van der Waals surface area contributed by atoms with Gasteiger partial charge < -0.3 is 15.2 Å². The molecule has 6 nitrogen and oxygen atoms in total. The van der Waals surface area contributed by atoms with Crippen molar-refractivity contribution in [3.05, 3.63) is 29.3 Å². The molecule has 0 radical (unpaired) electrons. The summed E-state index contributed by atoms with van der Waals surface area (Å²) in [6, 6.07) is 5.80. The summed E-state index contributed by atoms with van der Waals surface area (Å²) in [5, 5.41) is 12.2. The van der Waals surface area contributed by atoms with Crippen molar-refractivity contribution in [3.63, 3.8) is 0 Å². The van der Waals surface area contributed by atoms with Crippen molar-refractivity contribution in [1.82, 2.24) is 10.2 Å². The van der Waals surface area contributed by atoms with Gasteiger partial charge in [0.25, 0.3) is 5.91 Å². The Balaban J connectivity index is 1.51. The van der Waals surface area contributed by atoms with Crippen LogP contribution < -0.4 is 10.1 Å². The van der Waals surface area contributed by atoms with E-state index in [1.54, 1.807) is 19.2 Å². The second-order valence-electron chi connectivity index (χ2n) is 7.24. The average molecular weight is 346 g/mol. The predicted octanol–water partition coefficient (Wildman–Crippen LogP) is 2.06. The van der Waals surface area contributed by atoms with E-state index < -0.39 is 5.97 Å². The maximum Gasteiger partial charge on any atom is 0.317 e. The Morgan fingerprint density at radius 1 is 1.32 bits per heavy atom. The van der Waals surface area contributed by atoms with Crippen LogP contribution in [0, 0.1) is 12.8 Å². The number of amides is 1. The highest BCUT2D eigenvalue weighted by atomic mass is 16.5. The fourth-order valence-electron chi connectivity index (χ4n) is 3.43. The lowest BCUT2D eigenvalue weighted by Gasteiger charge is -2.42. The van der Waals surface area contributed by atoms with Crippen LogP contribution in [0.5, 0.6) is 5.75 Å². The Labute approximate surface area is 148 Å². The number of rotatable bonds is 8. The van der Waals surface area contributed by atoms with E-state index in [0.29, 0.717) is 11.5 Å². The zero-order valence-corrected chi connectivity index (χ0v) is 14.8. The first-order valence-corrected chi connectivity index (χ1v) is 8.87. The van der Waals surface area contributed by atoms with Gasteiger partial charge in [0.2, 0.25) is 0 Å². The van der Waals surface area contributed by atoms with Gasteiger partial charge in [-0.1, -0.05) is 0 Å². The number of aliphatic carboxylic acids is 1. The van der Waals surface area contributed by atoms with E-state index in [0.717, 1.165) is 30.7 Å². The second kappa shape index (κ2) is 7.44. The number of hydrogen-bond donors (Lipinski definition) is 2. The molecule has 1 aromatic rings. The highest BCUT2D eigenvalue weighted by molar-refractivity contribution is 5.96. The van der Waals surface area contributed by atoms with Crippen LogP contribution in [0.25, 0.3) is 0 Å². The number of nitrogens with zero attached hydrogens (tertiary/aromatic N) is 1. The van der Waals surface area contributed by atoms with E-state index in [9.17, 15) is 9.59 Å². The molecule has 0 aromatic heterocycles. The van der Waals surface area contributed by atoms with Crippen molar-refractivity contribution in [3.8, 4) is 5.75 Å². The fourth-order valence-corrected chi connectivity index (χ4v) is 3.43. The van der Waals surface area contributed by atoms with Gasteiger partial charge in [0.15, 0.2) is 0 Å². The molecule has 0 unspecified atom stereocenters. The summed E-state index contributed by atoms with van der Waals surface area (Å²) in [7, 11) is 1.60. The molecule has 0 bridgehead atoms. The number of carboxylic acids is 1. The van der Waals surface area contributed by atoms with Gasteiger partial charge in [0.1, 0.15) is 5.75 Å². The van der Waals surface area contributed by atoms with Crippen LogP contribution in [0.2, 0.25) is 0 Å². The minimum Gasteiger partial charge on any atom is -0.497 e. The van der Waals surface area contributed by atoms with Crippen molar-refractivity contribution in [1.29, 1.82) is 0 Å². The molecule has 1 amide bonds. The van der Waals surface area contributed by atoms with Crippen LogP contribution >= 0.6 is 0 Å². The molecule has 0 atom stereocenters. The monoisotopic (exact) mass is 346 g/mol. The standard InChI is InChI=1S/C19H26N2O4/c1-12-7-16(25-2)5-6-17(12)19(24)20-14-8-15(9-14)21(11-18(22)23)10-13-3-4-13/h5-7,13-15H,3-4,8-11H2,1-2H3,(H,20,24)(H,22,23). The predicted molar refractivity (Wildman–Crippen MR) is 93.9 cm³/mol. The lowest BCUT2D eigenvalue weighted by molar-refractivity contribution is -0.139. The van der Waals surface area contributed by atoms with Gasteiger partial charge in [-0.25, -0.2) is 0 Å². The van der Waals surface area contributed by atoms with Crippen LogP contribution in [-0.2, 0) is 4.79 Å². The normalized spacial score (nSPS) is 22.4. The Kier molecular flexibility index (Phi) is 5.27. The van der Waals surface area contributed by atoms with Crippen LogP contribution in [-0.4, -0.2) is 54.2 Å². The fraction of sp³-hybridized carbons (Fsp3) is 0.579. The summed E-state index contributed by atoms with van der Waals surface area (Å²) in [4.78, 5) is 25.6. The molecular formula is C19H26N2O4. The molecule has 2 aliphatic carbocycles. The Morgan fingerprint density at radius 2 is 2.04 bits per heavy atom. The van der Waals surface area contributed by atoms with Gasteiger partial charge in [0, 0.05) is 24.2 Å². The van der Waals surface area contributed by atoms with E-state index >= 15 is 0 Å². The number of carbonyl (C=O) groups excluding carboxylic acids is 1. The number of ether oxygens (including phenoxy) is 1. The maximum absolute atomic E-state index is 12.5. The minimum atomic E-state index is -0.776. The first kappa shape index (κ1) is 17.7. The Bertz CT molecular complexity index is 651. The van der Waals surface area contributed by atoms with E-state index in [1.807, 2.05) is 13.0 Å². The third-order valence-electron chi connectivity index (χ3n) is 5.17. The van der Waals surface area contributed by atoms with Gasteiger partial charge in [-0.3, -0.25) is 14.5 Å². The average Bonchev–Trinajstić information content (AvgIpc) is 3.33. The van der Waals surface area contributed by atoms with E-state index in [2.05, 4.69) is 10.2 Å². The topological polar surface area (TPSA) is 78.9 Å². The molecule has 2 aliphatic rings. The number of benzene rings is 1. The first-order chi connectivity index (χ1) is 12.0. The SMILES string of the molecule is COc1ccc(C(=O)NC2CC(N(CC(=O)O)CC3CC3)C2)c(C)c1. The van der Waals surface area contributed by atoms with E-state index in [-0.39, 0.29) is 24.5 Å². The lowest BCUT2D eigenvalue weighted by Crippen LogP contribution is -2.55. The quantitative estimate of drug-likeness (QED) is 0.753. The number of aryl methyl sites for hydroxylation is 1. The largest absolute Gasteiger partial charge is 0.497 e. The van der Waals surface area contributed by atoms with Crippen LogP contribution in [0.3, 0.4) is 0 Å². The molecule has 136 valence electrons. The molecule has 3 rings (SSSR count).